The quantitative estimate of drug-likeness (QED) is 0.401. The molecule has 3 heteroatoms. The van der Waals surface area contributed by atoms with E-state index in [0.717, 1.165) is 16.7 Å². The maximum absolute atomic E-state index is 12.9. The van der Waals surface area contributed by atoms with Crippen LogP contribution in [0.5, 0.6) is 5.75 Å². The second-order valence-corrected chi connectivity index (χ2v) is 8.62. The Bertz CT molecular complexity index is 971. The highest BCUT2D eigenvalue weighted by Crippen LogP contribution is 2.39. The van der Waals surface area contributed by atoms with Crippen LogP contribution in [-0.2, 0) is 12.0 Å². The van der Waals surface area contributed by atoms with E-state index in [0.29, 0.717) is 17.9 Å². The third kappa shape index (κ3) is 5.12. The summed E-state index contributed by atoms with van der Waals surface area (Å²) in [6, 6.07) is 23.6. The van der Waals surface area contributed by atoms with E-state index in [1.165, 1.54) is 5.56 Å². The molecular formula is C26H29NO2. The van der Waals surface area contributed by atoms with Gasteiger partial charge >= 0.3 is 5.97 Å². The van der Waals surface area contributed by atoms with E-state index in [1.807, 2.05) is 50.5 Å². The standard InChI is InChI=1S/C26H29NO2/c1-26(2,3)22-16-21(18-27(4)5)24(23(17-22)19-12-8-6-9-13-19)29-25(28)20-14-10-7-11-15-20/h6-17H,18H2,1-5H3. The van der Waals surface area contributed by atoms with E-state index >= 15 is 0 Å². The number of esters is 1. The predicted molar refractivity (Wildman–Crippen MR) is 119 cm³/mol. The first kappa shape index (κ1) is 20.8. The molecule has 3 aromatic carbocycles. The maximum Gasteiger partial charge on any atom is 0.343 e. The van der Waals surface area contributed by atoms with Crippen LogP contribution in [-0.4, -0.2) is 25.0 Å². The summed E-state index contributed by atoms with van der Waals surface area (Å²) in [5, 5.41) is 0. The number of benzene rings is 3. The molecular weight excluding hydrogens is 358 g/mol. The Hall–Kier alpha value is -2.91. The molecule has 0 radical (unpaired) electrons. The van der Waals surface area contributed by atoms with E-state index in [2.05, 4.69) is 49.9 Å². The van der Waals surface area contributed by atoms with E-state index < -0.39 is 0 Å². The van der Waals surface area contributed by atoms with Gasteiger partial charge in [0.15, 0.2) is 0 Å². The fourth-order valence-electron chi connectivity index (χ4n) is 3.26. The van der Waals surface area contributed by atoms with Gasteiger partial charge in [-0.05, 0) is 48.8 Å². The fourth-order valence-corrected chi connectivity index (χ4v) is 3.26. The molecule has 29 heavy (non-hydrogen) atoms. The molecule has 0 aromatic heterocycles. The molecule has 0 amide bonds. The first-order chi connectivity index (χ1) is 13.8. The monoisotopic (exact) mass is 387 g/mol. The van der Waals surface area contributed by atoms with Crippen molar-refractivity contribution in [3.63, 3.8) is 0 Å². The second kappa shape index (κ2) is 8.62. The molecule has 3 aromatic rings. The molecule has 150 valence electrons. The van der Waals surface area contributed by atoms with Crippen LogP contribution in [0.15, 0.2) is 72.8 Å². The Morgan fingerprint density at radius 3 is 2.03 bits per heavy atom. The maximum atomic E-state index is 12.9. The summed E-state index contributed by atoms with van der Waals surface area (Å²) < 4.78 is 6.02. The van der Waals surface area contributed by atoms with Crippen molar-refractivity contribution in [2.24, 2.45) is 0 Å². The number of nitrogens with zero attached hydrogens (tertiary/aromatic N) is 1. The lowest BCUT2D eigenvalue weighted by Gasteiger charge is -2.25. The zero-order valence-corrected chi connectivity index (χ0v) is 17.9. The summed E-state index contributed by atoms with van der Waals surface area (Å²) in [5.74, 6) is 0.290. The van der Waals surface area contributed by atoms with Crippen molar-refractivity contribution in [2.45, 2.75) is 32.7 Å². The molecule has 3 rings (SSSR count). The first-order valence-corrected chi connectivity index (χ1v) is 9.90. The van der Waals surface area contributed by atoms with Gasteiger partial charge in [-0.1, -0.05) is 75.4 Å². The van der Waals surface area contributed by atoms with Gasteiger partial charge in [-0.15, -0.1) is 0 Å². The number of ether oxygens (including phenoxy) is 1. The second-order valence-electron chi connectivity index (χ2n) is 8.62. The lowest BCUT2D eigenvalue weighted by molar-refractivity contribution is 0.0733. The molecule has 0 N–H and O–H groups in total. The molecule has 0 bridgehead atoms. The Morgan fingerprint density at radius 2 is 1.48 bits per heavy atom. The van der Waals surface area contributed by atoms with Crippen molar-refractivity contribution in [3.8, 4) is 16.9 Å². The summed E-state index contributed by atoms with van der Waals surface area (Å²) in [5.41, 5.74) is 4.72. The number of hydrogen-bond acceptors (Lipinski definition) is 3. The molecule has 0 aliphatic rings. The molecule has 0 atom stereocenters. The van der Waals surface area contributed by atoms with Crippen LogP contribution >= 0.6 is 0 Å². The highest BCUT2D eigenvalue weighted by atomic mass is 16.5. The van der Waals surface area contributed by atoms with E-state index in [9.17, 15) is 4.79 Å². The summed E-state index contributed by atoms with van der Waals surface area (Å²) >= 11 is 0. The van der Waals surface area contributed by atoms with Crippen LogP contribution < -0.4 is 4.74 Å². The lowest BCUT2D eigenvalue weighted by atomic mass is 9.83. The van der Waals surface area contributed by atoms with Crippen molar-refractivity contribution in [1.82, 2.24) is 4.90 Å². The molecule has 3 nitrogen and oxygen atoms in total. The van der Waals surface area contributed by atoms with Gasteiger partial charge in [-0.25, -0.2) is 4.79 Å². The Kier molecular flexibility index (Phi) is 6.19. The highest BCUT2D eigenvalue weighted by Gasteiger charge is 2.23. The molecule has 0 aliphatic heterocycles. The van der Waals surface area contributed by atoms with Gasteiger partial charge < -0.3 is 9.64 Å². The minimum atomic E-state index is -0.341. The van der Waals surface area contributed by atoms with E-state index in [4.69, 9.17) is 4.74 Å². The van der Waals surface area contributed by atoms with Gasteiger partial charge in [0.2, 0.25) is 0 Å². The van der Waals surface area contributed by atoms with Gasteiger partial charge in [0.1, 0.15) is 5.75 Å². The lowest BCUT2D eigenvalue weighted by Crippen LogP contribution is -2.18. The number of carbonyl (C=O) groups is 1. The van der Waals surface area contributed by atoms with Gasteiger partial charge in [-0.3, -0.25) is 0 Å². The van der Waals surface area contributed by atoms with Gasteiger partial charge in [-0.2, -0.15) is 0 Å². The highest BCUT2D eigenvalue weighted by molar-refractivity contribution is 5.92. The van der Waals surface area contributed by atoms with Crippen molar-refractivity contribution in [1.29, 1.82) is 0 Å². The average Bonchev–Trinajstić information content (AvgIpc) is 2.69. The largest absolute Gasteiger partial charge is 0.422 e. The summed E-state index contributed by atoms with van der Waals surface area (Å²) in [7, 11) is 4.05. The minimum Gasteiger partial charge on any atom is -0.422 e. The SMILES string of the molecule is CN(C)Cc1cc(C(C)(C)C)cc(-c2ccccc2)c1OC(=O)c1ccccc1. The average molecular weight is 388 g/mol. The van der Waals surface area contributed by atoms with Crippen molar-refractivity contribution >= 4 is 5.97 Å². The zero-order valence-electron chi connectivity index (χ0n) is 17.9. The molecule has 0 aliphatic carbocycles. The third-order valence-electron chi connectivity index (χ3n) is 4.81. The summed E-state index contributed by atoms with van der Waals surface area (Å²) in [6.07, 6.45) is 0. The van der Waals surface area contributed by atoms with Crippen LogP contribution in [0.25, 0.3) is 11.1 Å². The smallest absolute Gasteiger partial charge is 0.343 e. The van der Waals surface area contributed by atoms with Crippen molar-refractivity contribution in [3.05, 3.63) is 89.5 Å². The molecule has 0 unspecified atom stereocenters. The number of hydrogen-bond donors (Lipinski definition) is 0. The minimum absolute atomic E-state index is 0.0213. The van der Waals surface area contributed by atoms with Crippen LogP contribution in [0.3, 0.4) is 0 Å². The predicted octanol–water partition coefficient (Wildman–Crippen LogP) is 5.93. The van der Waals surface area contributed by atoms with Crippen LogP contribution in [0.2, 0.25) is 0 Å². The van der Waals surface area contributed by atoms with Crippen LogP contribution in [0.4, 0.5) is 0 Å². The number of carbonyl (C=O) groups excluding carboxylic acids is 1. The van der Waals surface area contributed by atoms with Crippen molar-refractivity contribution in [2.75, 3.05) is 14.1 Å². The zero-order chi connectivity index (χ0) is 21.0. The summed E-state index contributed by atoms with van der Waals surface area (Å²) in [4.78, 5) is 15.0. The van der Waals surface area contributed by atoms with Crippen LogP contribution in [0, 0.1) is 0 Å². The molecule has 0 saturated heterocycles. The topological polar surface area (TPSA) is 29.5 Å². The van der Waals surface area contributed by atoms with Crippen molar-refractivity contribution < 1.29 is 9.53 Å². The fraction of sp³-hybridized carbons (Fsp3) is 0.269. The molecule has 0 spiro atoms. The Balaban J connectivity index is 2.18. The molecule has 0 fully saturated rings. The normalized spacial score (nSPS) is 11.5. The van der Waals surface area contributed by atoms with E-state index in [-0.39, 0.29) is 11.4 Å². The van der Waals surface area contributed by atoms with Crippen LogP contribution in [0.1, 0.15) is 42.3 Å². The first-order valence-electron chi connectivity index (χ1n) is 9.90. The molecule has 0 saturated carbocycles. The molecule has 0 heterocycles. The Morgan fingerprint density at radius 1 is 0.897 bits per heavy atom. The number of rotatable bonds is 5. The summed E-state index contributed by atoms with van der Waals surface area (Å²) in [6.45, 7) is 7.28. The van der Waals surface area contributed by atoms with Gasteiger partial charge in [0.05, 0.1) is 5.56 Å². The van der Waals surface area contributed by atoms with Gasteiger partial charge in [0.25, 0.3) is 0 Å². The third-order valence-corrected chi connectivity index (χ3v) is 4.81. The van der Waals surface area contributed by atoms with E-state index in [1.54, 1.807) is 12.1 Å². The van der Waals surface area contributed by atoms with Gasteiger partial charge in [0, 0.05) is 17.7 Å². The Labute approximate surface area is 174 Å².